The molecule has 0 aromatic heterocycles. The Morgan fingerprint density at radius 2 is 1.91 bits per heavy atom. The van der Waals surface area contributed by atoms with Crippen molar-refractivity contribution in [3.63, 3.8) is 0 Å². The number of hydrogen-bond acceptors (Lipinski definition) is 3. The van der Waals surface area contributed by atoms with Gasteiger partial charge >= 0.3 is 0 Å². The van der Waals surface area contributed by atoms with Gasteiger partial charge in [0.2, 0.25) is 15.9 Å². The number of sulfonamides is 1. The monoisotopic (exact) mass is 400 g/mol. The normalized spacial score (nSPS) is 20.4. The first-order valence-electron chi connectivity index (χ1n) is 7.97. The fraction of sp³-hybridized carbons (Fsp3) is 0.562. The van der Waals surface area contributed by atoms with Crippen LogP contribution in [0.2, 0.25) is 0 Å². The van der Waals surface area contributed by atoms with Crippen molar-refractivity contribution in [2.75, 3.05) is 13.1 Å². The van der Waals surface area contributed by atoms with Gasteiger partial charge in [-0.1, -0.05) is 28.1 Å². The van der Waals surface area contributed by atoms with Gasteiger partial charge < -0.3 is 5.32 Å². The van der Waals surface area contributed by atoms with E-state index >= 15 is 0 Å². The fourth-order valence-corrected chi connectivity index (χ4v) is 4.87. The number of halogens is 1. The van der Waals surface area contributed by atoms with Crippen LogP contribution in [-0.4, -0.2) is 37.8 Å². The number of nitrogens with zero attached hydrogens (tertiary/aromatic N) is 1. The zero-order valence-corrected chi connectivity index (χ0v) is 15.3. The van der Waals surface area contributed by atoms with Crippen molar-refractivity contribution in [2.45, 2.75) is 37.5 Å². The summed E-state index contributed by atoms with van der Waals surface area (Å²) in [5, 5.41) is 3.01. The predicted molar refractivity (Wildman–Crippen MR) is 92.2 cm³/mol. The van der Waals surface area contributed by atoms with E-state index in [1.807, 2.05) is 24.3 Å². The summed E-state index contributed by atoms with van der Waals surface area (Å²) in [5.74, 6) is 0.0511. The van der Waals surface area contributed by atoms with Gasteiger partial charge in [-0.15, -0.1) is 0 Å². The van der Waals surface area contributed by atoms with E-state index in [9.17, 15) is 13.2 Å². The van der Waals surface area contributed by atoms with Crippen LogP contribution in [0.15, 0.2) is 28.7 Å². The van der Waals surface area contributed by atoms with Gasteiger partial charge in [0.25, 0.3) is 0 Å². The molecule has 2 aliphatic rings. The predicted octanol–water partition coefficient (Wildman–Crippen LogP) is 2.27. The van der Waals surface area contributed by atoms with Crippen molar-refractivity contribution in [3.05, 3.63) is 34.3 Å². The molecule has 1 saturated carbocycles. The zero-order valence-electron chi connectivity index (χ0n) is 12.9. The van der Waals surface area contributed by atoms with Crippen molar-refractivity contribution < 1.29 is 13.2 Å². The van der Waals surface area contributed by atoms with Gasteiger partial charge in [-0.2, -0.15) is 0 Å². The van der Waals surface area contributed by atoms with Crippen molar-refractivity contribution in [1.82, 2.24) is 9.62 Å². The summed E-state index contributed by atoms with van der Waals surface area (Å²) in [6, 6.07) is 7.72. The van der Waals surface area contributed by atoms with E-state index < -0.39 is 10.0 Å². The Kier molecular flexibility index (Phi) is 5.08. The Morgan fingerprint density at radius 3 is 2.52 bits per heavy atom. The number of rotatable bonds is 5. The first-order valence-corrected chi connectivity index (χ1v) is 10.4. The second-order valence-corrected chi connectivity index (χ2v) is 9.23. The number of benzene rings is 1. The standard InChI is InChI=1S/C16H21BrN2O3S/c17-14-3-1-2-12(10-14)11-23(21,22)19-8-6-13(7-9-19)16(20)18-15-4-5-15/h1-3,10,13,15H,4-9,11H2,(H,18,20). The molecule has 1 saturated heterocycles. The number of hydrogen-bond donors (Lipinski definition) is 1. The number of carbonyl (C=O) groups is 1. The molecule has 1 heterocycles. The second kappa shape index (κ2) is 6.91. The molecule has 1 aromatic rings. The Bertz CT molecular complexity index is 680. The summed E-state index contributed by atoms with van der Waals surface area (Å²) < 4.78 is 27.5. The molecule has 0 bridgehead atoms. The van der Waals surface area contributed by atoms with Crippen molar-refractivity contribution in [3.8, 4) is 0 Å². The number of amides is 1. The van der Waals surface area contributed by atoms with Crippen molar-refractivity contribution in [1.29, 1.82) is 0 Å². The van der Waals surface area contributed by atoms with Gasteiger partial charge in [0.05, 0.1) is 5.75 Å². The Morgan fingerprint density at radius 1 is 1.22 bits per heavy atom. The molecular formula is C16H21BrN2O3S. The van der Waals surface area contributed by atoms with Gasteiger partial charge in [-0.05, 0) is 43.4 Å². The minimum absolute atomic E-state index is 0.00533. The molecule has 0 atom stereocenters. The lowest BCUT2D eigenvalue weighted by molar-refractivity contribution is -0.126. The first-order chi connectivity index (χ1) is 10.9. The lowest BCUT2D eigenvalue weighted by atomic mass is 9.97. The molecule has 2 fully saturated rings. The third kappa shape index (κ3) is 4.55. The van der Waals surface area contributed by atoms with Crippen LogP contribution in [0.4, 0.5) is 0 Å². The molecule has 1 N–H and O–H groups in total. The van der Waals surface area contributed by atoms with Crippen LogP contribution in [0, 0.1) is 5.92 Å². The van der Waals surface area contributed by atoms with E-state index in [0.29, 0.717) is 32.0 Å². The molecule has 3 rings (SSSR count). The Balaban J connectivity index is 1.56. The largest absolute Gasteiger partial charge is 0.353 e. The highest BCUT2D eigenvalue weighted by atomic mass is 79.9. The zero-order chi connectivity index (χ0) is 16.4. The number of piperidine rings is 1. The van der Waals surface area contributed by atoms with Gasteiger partial charge in [0.15, 0.2) is 0 Å². The van der Waals surface area contributed by atoms with E-state index in [-0.39, 0.29) is 17.6 Å². The van der Waals surface area contributed by atoms with Crippen LogP contribution in [0.5, 0.6) is 0 Å². The van der Waals surface area contributed by atoms with E-state index in [1.54, 1.807) is 0 Å². The molecule has 23 heavy (non-hydrogen) atoms. The highest BCUT2D eigenvalue weighted by Crippen LogP contribution is 2.25. The average molecular weight is 401 g/mol. The molecule has 1 aliphatic carbocycles. The van der Waals surface area contributed by atoms with Crippen LogP contribution >= 0.6 is 15.9 Å². The first kappa shape index (κ1) is 16.9. The van der Waals surface area contributed by atoms with E-state index in [1.165, 1.54) is 4.31 Å². The average Bonchev–Trinajstić information content (AvgIpc) is 3.31. The molecule has 1 aromatic carbocycles. The summed E-state index contributed by atoms with van der Waals surface area (Å²) in [4.78, 5) is 12.0. The molecule has 0 unspecified atom stereocenters. The maximum absolute atomic E-state index is 12.5. The fourth-order valence-electron chi connectivity index (χ4n) is 2.87. The summed E-state index contributed by atoms with van der Waals surface area (Å²) in [6.07, 6.45) is 3.36. The quantitative estimate of drug-likeness (QED) is 0.823. The van der Waals surface area contributed by atoms with Crippen LogP contribution in [0.1, 0.15) is 31.2 Å². The van der Waals surface area contributed by atoms with E-state index in [4.69, 9.17) is 0 Å². The molecule has 0 radical (unpaired) electrons. The highest BCUT2D eigenvalue weighted by Gasteiger charge is 2.33. The second-order valence-electron chi connectivity index (χ2n) is 6.34. The maximum atomic E-state index is 12.5. The van der Waals surface area contributed by atoms with Crippen molar-refractivity contribution in [2.24, 2.45) is 5.92 Å². The lowest BCUT2D eigenvalue weighted by Gasteiger charge is -2.30. The molecule has 0 spiro atoms. The number of nitrogens with one attached hydrogen (secondary N) is 1. The van der Waals surface area contributed by atoms with Gasteiger partial charge in [0, 0.05) is 29.5 Å². The van der Waals surface area contributed by atoms with Crippen LogP contribution in [0.3, 0.4) is 0 Å². The summed E-state index contributed by atoms with van der Waals surface area (Å²) in [5.41, 5.74) is 0.771. The minimum Gasteiger partial charge on any atom is -0.353 e. The van der Waals surface area contributed by atoms with E-state index in [0.717, 1.165) is 22.9 Å². The third-order valence-electron chi connectivity index (χ3n) is 4.38. The van der Waals surface area contributed by atoms with Crippen LogP contribution in [-0.2, 0) is 20.6 Å². The summed E-state index contributed by atoms with van der Waals surface area (Å²) in [7, 11) is -3.33. The lowest BCUT2D eigenvalue weighted by Crippen LogP contribution is -2.43. The van der Waals surface area contributed by atoms with Gasteiger partial charge in [-0.25, -0.2) is 12.7 Å². The van der Waals surface area contributed by atoms with E-state index in [2.05, 4.69) is 21.2 Å². The molecule has 1 amide bonds. The summed E-state index contributed by atoms with van der Waals surface area (Å²) >= 11 is 3.36. The third-order valence-corrected chi connectivity index (χ3v) is 6.72. The summed E-state index contributed by atoms with van der Waals surface area (Å²) in [6.45, 7) is 0.859. The molecule has 7 heteroatoms. The SMILES string of the molecule is O=C(NC1CC1)C1CCN(S(=O)(=O)Cc2cccc(Br)c2)CC1. The van der Waals surface area contributed by atoms with Crippen LogP contribution in [0.25, 0.3) is 0 Å². The van der Waals surface area contributed by atoms with Gasteiger partial charge in [0.1, 0.15) is 0 Å². The Hall–Kier alpha value is -0.920. The molecular weight excluding hydrogens is 380 g/mol. The van der Waals surface area contributed by atoms with Crippen molar-refractivity contribution >= 4 is 31.9 Å². The van der Waals surface area contributed by atoms with Crippen LogP contribution < -0.4 is 5.32 Å². The van der Waals surface area contributed by atoms with Gasteiger partial charge in [-0.3, -0.25) is 4.79 Å². The highest BCUT2D eigenvalue weighted by molar-refractivity contribution is 9.10. The molecule has 1 aliphatic heterocycles. The molecule has 126 valence electrons. The Labute approximate surface area is 145 Å². The number of carbonyl (C=O) groups excluding carboxylic acids is 1. The maximum Gasteiger partial charge on any atom is 0.223 e. The minimum atomic E-state index is -3.33. The topological polar surface area (TPSA) is 66.5 Å². The molecule has 5 nitrogen and oxygen atoms in total. The smallest absolute Gasteiger partial charge is 0.223 e.